The van der Waals surface area contributed by atoms with Crippen LogP contribution in [0.4, 0.5) is 13.2 Å². The summed E-state index contributed by atoms with van der Waals surface area (Å²) in [5.74, 6) is -1.02. The fourth-order valence-electron chi connectivity index (χ4n) is 1.74. The molecule has 98 valence electrons. The van der Waals surface area contributed by atoms with Crippen LogP contribution in [-0.4, -0.2) is 11.7 Å². The second-order valence-corrected chi connectivity index (χ2v) is 4.02. The van der Waals surface area contributed by atoms with E-state index in [1.54, 1.807) is 12.1 Å². The average molecular weight is 259 g/mol. The number of benzene rings is 1. The van der Waals surface area contributed by atoms with Gasteiger partial charge in [0.25, 0.3) is 0 Å². The van der Waals surface area contributed by atoms with Crippen molar-refractivity contribution in [1.29, 1.82) is 0 Å². The van der Waals surface area contributed by atoms with Gasteiger partial charge in [-0.05, 0) is 30.2 Å². The molecule has 1 aromatic carbocycles. The molecule has 0 aliphatic carbocycles. The minimum absolute atomic E-state index is 0.0710. The molecule has 0 bridgehead atoms. The van der Waals surface area contributed by atoms with Gasteiger partial charge in [-0.25, -0.2) is 0 Å². The molecule has 0 aliphatic heterocycles. The molecule has 2 aromatic rings. The van der Waals surface area contributed by atoms with Crippen LogP contribution in [0.25, 0.3) is 11.0 Å². The summed E-state index contributed by atoms with van der Waals surface area (Å²) in [5.41, 5.74) is 6.62. The molecule has 1 atom stereocenters. The molecule has 0 saturated heterocycles. The van der Waals surface area contributed by atoms with Crippen LogP contribution in [0, 0.1) is 0 Å². The third kappa shape index (κ3) is 2.49. The maximum absolute atomic E-state index is 12.5. The minimum Gasteiger partial charge on any atom is -0.452 e. The molecule has 0 spiro atoms. The molecule has 1 aromatic heterocycles. The largest absolute Gasteiger partial charge is 0.452 e. The normalized spacial score (nSPS) is 14.1. The number of alkyl halides is 3. The Morgan fingerprint density at radius 2 is 2.00 bits per heavy atom. The topological polar surface area (TPSA) is 59.4 Å². The number of hydrogen-bond donors (Lipinski definition) is 2. The maximum Gasteiger partial charge on any atom is 0.449 e. The molecule has 18 heavy (non-hydrogen) atoms. The van der Waals surface area contributed by atoms with Gasteiger partial charge in [-0.3, -0.25) is 0 Å². The molecule has 3 N–H and O–H groups in total. The van der Waals surface area contributed by atoms with Crippen LogP contribution < -0.4 is 5.73 Å². The van der Waals surface area contributed by atoms with Crippen molar-refractivity contribution in [2.24, 2.45) is 5.73 Å². The first-order valence-corrected chi connectivity index (χ1v) is 5.39. The van der Waals surface area contributed by atoms with Gasteiger partial charge in [0.2, 0.25) is 5.76 Å². The third-order valence-corrected chi connectivity index (χ3v) is 2.69. The molecule has 1 heterocycles. The van der Waals surface area contributed by atoms with Crippen molar-refractivity contribution in [2.45, 2.75) is 18.6 Å². The molecule has 0 radical (unpaired) electrons. The van der Waals surface area contributed by atoms with E-state index >= 15 is 0 Å². The summed E-state index contributed by atoms with van der Waals surface area (Å²) in [6.45, 7) is -0.0710. The van der Waals surface area contributed by atoms with Gasteiger partial charge in [0, 0.05) is 18.0 Å². The van der Waals surface area contributed by atoms with E-state index in [-0.39, 0.29) is 12.2 Å². The Morgan fingerprint density at radius 3 is 2.61 bits per heavy atom. The van der Waals surface area contributed by atoms with Crippen molar-refractivity contribution in [3.05, 3.63) is 35.6 Å². The lowest BCUT2D eigenvalue weighted by molar-refractivity contribution is -0.152. The quantitative estimate of drug-likeness (QED) is 0.891. The first-order valence-electron chi connectivity index (χ1n) is 5.39. The highest BCUT2D eigenvalue weighted by Crippen LogP contribution is 2.34. The van der Waals surface area contributed by atoms with Gasteiger partial charge in [-0.15, -0.1) is 0 Å². The summed E-state index contributed by atoms with van der Waals surface area (Å²) in [4.78, 5) is 0. The molecular formula is C12H12F3NO2. The van der Waals surface area contributed by atoms with Crippen molar-refractivity contribution in [1.82, 2.24) is 0 Å². The average Bonchev–Trinajstić information content (AvgIpc) is 2.71. The van der Waals surface area contributed by atoms with Crippen LogP contribution in [0.15, 0.2) is 28.7 Å². The maximum atomic E-state index is 12.5. The van der Waals surface area contributed by atoms with Gasteiger partial charge in [-0.1, -0.05) is 6.07 Å². The molecule has 0 fully saturated rings. The Labute approximate surface area is 101 Å². The molecule has 1 unspecified atom stereocenters. The van der Waals surface area contributed by atoms with Crippen LogP contribution in [0.1, 0.15) is 23.8 Å². The second kappa shape index (κ2) is 4.62. The van der Waals surface area contributed by atoms with E-state index in [0.717, 1.165) is 6.07 Å². The Morgan fingerprint density at radius 1 is 1.28 bits per heavy atom. The minimum atomic E-state index is -4.49. The van der Waals surface area contributed by atoms with Crippen molar-refractivity contribution < 1.29 is 22.7 Å². The lowest BCUT2D eigenvalue weighted by atomic mass is 10.0. The van der Waals surface area contributed by atoms with Crippen LogP contribution in [0.3, 0.4) is 0 Å². The van der Waals surface area contributed by atoms with Gasteiger partial charge in [-0.2, -0.15) is 13.2 Å². The lowest BCUT2D eigenvalue weighted by Crippen LogP contribution is -2.11. The van der Waals surface area contributed by atoms with Crippen molar-refractivity contribution in [2.75, 3.05) is 6.61 Å². The zero-order chi connectivity index (χ0) is 13.3. The second-order valence-electron chi connectivity index (χ2n) is 4.02. The third-order valence-electron chi connectivity index (χ3n) is 2.69. The highest BCUT2D eigenvalue weighted by atomic mass is 19.4. The van der Waals surface area contributed by atoms with Gasteiger partial charge in [0.15, 0.2) is 0 Å². The van der Waals surface area contributed by atoms with Gasteiger partial charge >= 0.3 is 6.18 Å². The molecule has 0 amide bonds. The Bertz CT molecular complexity index is 548. The predicted molar refractivity (Wildman–Crippen MR) is 59.8 cm³/mol. The van der Waals surface area contributed by atoms with Crippen LogP contribution in [0.2, 0.25) is 0 Å². The Balaban J connectivity index is 2.40. The number of halogens is 3. The summed E-state index contributed by atoms with van der Waals surface area (Å²) in [7, 11) is 0. The van der Waals surface area contributed by atoms with Gasteiger partial charge < -0.3 is 15.3 Å². The molecule has 0 aliphatic rings. The standard InChI is InChI=1S/C12H12F3NO2/c13-12(14,15)11-6-8-5-7(9(16)3-4-17)1-2-10(8)18-11/h1-2,5-6,9,17H,3-4,16H2. The molecule has 3 nitrogen and oxygen atoms in total. The summed E-state index contributed by atoms with van der Waals surface area (Å²) < 4.78 is 42.1. The zero-order valence-electron chi connectivity index (χ0n) is 9.37. The summed E-state index contributed by atoms with van der Waals surface area (Å²) in [6.07, 6.45) is -4.14. The Hall–Kier alpha value is -1.53. The number of nitrogens with two attached hydrogens (primary N) is 1. The van der Waals surface area contributed by atoms with E-state index in [9.17, 15) is 13.2 Å². The Kier molecular flexibility index (Phi) is 3.32. The van der Waals surface area contributed by atoms with Crippen molar-refractivity contribution in [3.63, 3.8) is 0 Å². The number of aliphatic hydroxyl groups excluding tert-OH is 1. The molecule has 6 heteroatoms. The van der Waals surface area contributed by atoms with Crippen LogP contribution >= 0.6 is 0 Å². The van der Waals surface area contributed by atoms with E-state index < -0.39 is 18.0 Å². The zero-order valence-corrected chi connectivity index (χ0v) is 9.37. The first-order chi connectivity index (χ1) is 8.41. The lowest BCUT2D eigenvalue weighted by Gasteiger charge is -2.09. The van der Waals surface area contributed by atoms with Gasteiger partial charge in [0.1, 0.15) is 5.58 Å². The van der Waals surface area contributed by atoms with E-state index in [1.165, 1.54) is 6.07 Å². The molecule has 2 rings (SSSR count). The summed E-state index contributed by atoms with van der Waals surface area (Å²) in [6, 6.07) is 5.16. The van der Waals surface area contributed by atoms with E-state index in [4.69, 9.17) is 15.3 Å². The number of rotatable bonds is 3. The SMILES string of the molecule is NC(CCO)c1ccc2oc(C(F)(F)F)cc2c1. The highest BCUT2D eigenvalue weighted by molar-refractivity contribution is 5.79. The summed E-state index contributed by atoms with van der Waals surface area (Å²) >= 11 is 0. The van der Waals surface area contributed by atoms with E-state index in [0.29, 0.717) is 17.4 Å². The van der Waals surface area contributed by atoms with Crippen LogP contribution in [0.5, 0.6) is 0 Å². The van der Waals surface area contributed by atoms with Crippen molar-refractivity contribution in [3.8, 4) is 0 Å². The fraction of sp³-hybridized carbons (Fsp3) is 0.333. The summed E-state index contributed by atoms with van der Waals surface area (Å²) in [5, 5.41) is 9.13. The first kappa shape index (κ1) is 12.9. The molecule has 0 saturated carbocycles. The monoisotopic (exact) mass is 259 g/mol. The van der Waals surface area contributed by atoms with E-state index in [2.05, 4.69) is 0 Å². The predicted octanol–water partition coefficient (Wildman–Crippen LogP) is 2.83. The number of fused-ring (bicyclic) bond motifs is 1. The highest BCUT2D eigenvalue weighted by Gasteiger charge is 2.35. The molecular weight excluding hydrogens is 247 g/mol. The van der Waals surface area contributed by atoms with Crippen molar-refractivity contribution >= 4 is 11.0 Å². The smallest absolute Gasteiger partial charge is 0.449 e. The van der Waals surface area contributed by atoms with Crippen LogP contribution in [-0.2, 0) is 6.18 Å². The van der Waals surface area contributed by atoms with Gasteiger partial charge in [0.05, 0.1) is 0 Å². The number of aliphatic hydroxyl groups is 1. The fourth-order valence-corrected chi connectivity index (χ4v) is 1.74. The number of furan rings is 1. The van der Waals surface area contributed by atoms with E-state index in [1.807, 2.05) is 0 Å². The number of hydrogen-bond acceptors (Lipinski definition) is 3.